The lowest BCUT2D eigenvalue weighted by molar-refractivity contribution is -0.354. The first-order chi connectivity index (χ1) is 48.9. The fourth-order valence-corrected chi connectivity index (χ4v) is 12.6. The SMILES string of the molecule is CC(c1ccccc1)[C@H](N)C(=O)N[C@@H](Cc1ccc(OC2OC(CO)C(OC3OC(CO)C(OCC=C(c4ccccc4)c4ccccc4)C(O)C3O)C(O)C2O)cc1)C(=O)N[C@H](C(=O)N[C@H](C(=O)N[C@H]([C]=O)CO)C(O)C1CNC(=N)N1C1OC(CO)C(O)C(O)C1O)C(O)C1CNC(=N)N1. The summed E-state index contributed by atoms with van der Waals surface area (Å²) in [5.74, 6) is -6.54. The third-order valence-corrected chi connectivity index (χ3v) is 18.4. The van der Waals surface area contributed by atoms with Crippen molar-refractivity contribution in [3.05, 3.63) is 144 Å². The molecule has 5 heterocycles. The fraction of sp³-hybridized carbons (Fsp3) is 0.507. The summed E-state index contributed by atoms with van der Waals surface area (Å²) in [6.45, 7) is -2.68. The first-order valence-corrected chi connectivity index (χ1v) is 32.9. The van der Waals surface area contributed by atoms with Crippen LogP contribution in [0.3, 0.4) is 0 Å². The third kappa shape index (κ3) is 18.2. The highest BCUT2D eigenvalue weighted by molar-refractivity contribution is 5.96. The van der Waals surface area contributed by atoms with E-state index in [1.807, 2.05) is 60.7 Å². The van der Waals surface area contributed by atoms with E-state index in [9.17, 15) is 85.6 Å². The molecule has 0 saturated carbocycles. The van der Waals surface area contributed by atoms with Crippen LogP contribution in [0.1, 0.15) is 35.1 Å². The van der Waals surface area contributed by atoms with Gasteiger partial charge < -0.3 is 143 Å². The van der Waals surface area contributed by atoms with Crippen molar-refractivity contribution in [1.82, 2.24) is 42.1 Å². The van der Waals surface area contributed by atoms with Crippen LogP contribution in [-0.4, -0.2) is 306 Å². The van der Waals surface area contributed by atoms with Gasteiger partial charge in [0.25, 0.3) is 0 Å². The van der Waals surface area contributed by atoms with E-state index in [0.29, 0.717) is 5.56 Å². The number of hydrogen-bond acceptors (Lipinski definition) is 27. The highest BCUT2D eigenvalue weighted by Crippen LogP contribution is 2.34. The quantitative estimate of drug-likeness (QED) is 0.0222. The number of aliphatic hydroxyl groups is 13. The molecule has 4 aromatic rings. The lowest BCUT2D eigenvalue weighted by atomic mass is 9.93. The predicted molar refractivity (Wildman–Crippen MR) is 354 cm³/mol. The summed E-state index contributed by atoms with van der Waals surface area (Å²) in [5.41, 5.74) is 9.98. The average molecular weight is 1430 g/mol. The van der Waals surface area contributed by atoms with E-state index in [-0.39, 0.29) is 30.4 Å². The number of hydrogen-bond donors (Lipinski definition) is 23. The molecule has 555 valence electrons. The van der Waals surface area contributed by atoms with Gasteiger partial charge in [-0.1, -0.05) is 116 Å². The summed E-state index contributed by atoms with van der Waals surface area (Å²) < 4.78 is 35.3. The van der Waals surface area contributed by atoms with Gasteiger partial charge in [0.2, 0.25) is 36.2 Å². The van der Waals surface area contributed by atoms with Crippen molar-refractivity contribution in [1.29, 1.82) is 10.8 Å². The Kier molecular flexibility index (Phi) is 27.3. The first kappa shape index (κ1) is 77.9. The van der Waals surface area contributed by atoms with Crippen molar-refractivity contribution in [2.45, 2.75) is 166 Å². The molecular weight excluding hydrogens is 1340 g/mol. The minimum Gasteiger partial charge on any atom is -0.462 e. The Morgan fingerprint density at radius 3 is 1.78 bits per heavy atom. The molecule has 0 spiro atoms. The van der Waals surface area contributed by atoms with Crippen LogP contribution >= 0.6 is 0 Å². The van der Waals surface area contributed by atoms with Crippen LogP contribution < -0.4 is 47.7 Å². The Balaban J connectivity index is 0.916. The number of amides is 4. The number of carbonyl (C=O) groups excluding carboxylic acids is 5. The van der Waals surface area contributed by atoms with Gasteiger partial charge in [0.1, 0.15) is 115 Å². The van der Waals surface area contributed by atoms with E-state index in [0.717, 1.165) is 21.6 Å². The molecule has 0 bridgehead atoms. The number of carbonyl (C=O) groups is 4. The minimum atomic E-state index is -2.30. The zero-order chi connectivity index (χ0) is 73.6. The van der Waals surface area contributed by atoms with Crippen molar-refractivity contribution in [2.24, 2.45) is 5.73 Å². The maximum atomic E-state index is 15.0. The van der Waals surface area contributed by atoms with Gasteiger partial charge in [0.05, 0.1) is 51.2 Å². The Labute approximate surface area is 584 Å². The number of aliphatic hydroxyl groups excluding tert-OH is 13. The van der Waals surface area contributed by atoms with E-state index < -0.39 is 221 Å². The van der Waals surface area contributed by atoms with Crippen LogP contribution in [0, 0.1) is 10.8 Å². The standard InChI is InChI=1S/C67H88N11O24/c1-31(33-11-5-2-6-12-33)45(68)60(94)74-39(59(93)76-46(48(84)40-24-71-66(69)75-40)62(96)77-47(61(95)73-36(26-79)27-80)49(85)41-25-72-67(70)78(41)63-54(90)51(87)50(86)42(28-81)99-63)23-32-17-19-37(20-18-32)98-64-56(92)53(89)58(44(30-83)101-64)102-65-55(91)52(88)57(43(29-82)100-65)97-22-21-38(34-13-7-3-8-14-34)35-15-9-4-10-16-35/h2-21,31,36,39-58,63-65,79,81-92H,22-26,28-30,68H2,1H3,(H2,70,72)(H,73,95)(H,74,94)(H,76,93)(H,77,96)(H3,69,71,75)/t31?,36-,39-,40?,41?,42?,43?,44?,45-,46-,47-,48?,49?,50?,51?,52?,53?,54?,55?,56?,57?,58?,63?,64?,65?/m0/s1. The Bertz CT molecular complexity index is 3430. The summed E-state index contributed by atoms with van der Waals surface area (Å²) in [5, 5.41) is 177. The van der Waals surface area contributed by atoms with Crippen LogP contribution in [0.4, 0.5) is 0 Å². The van der Waals surface area contributed by atoms with Crippen LogP contribution in [0.5, 0.6) is 5.75 Å². The van der Waals surface area contributed by atoms with E-state index in [2.05, 4.69) is 37.2 Å². The molecule has 25 atom stereocenters. The minimum absolute atomic E-state index is 0.0444. The Morgan fingerprint density at radius 2 is 1.20 bits per heavy atom. The van der Waals surface area contributed by atoms with E-state index in [1.54, 1.807) is 43.3 Å². The first-order valence-electron chi connectivity index (χ1n) is 32.9. The Morgan fingerprint density at radius 1 is 0.637 bits per heavy atom. The van der Waals surface area contributed by atoms with Gasteiger partial charge >= 0.3 is 0 Å². The molecule has 0 aliphatic carbocycles. The fourth-order valence-electron chi connectivity index (χ4n) is 12.6. The van der Waals surface area contributed by atoms with Crippen LogP contribution in [0.25, 0.3) is 5.57 Å². The molecule has 24 N–H and O–H groups in total. The smallest absolute Gasteiger partial charge is 0.246 e. The molecule has 5 aliphatic heterocycles. The molecule has 4 aromatic carbocycles. The largest absolute Gasteiger partial charge is 0.462 e. The maximum Gasteiger partial charge on any atom is 0.246 e. The molecular formula is C67H88N11O24. The van der Waals surface area contributed by atoms with E-state index in [1.165, 1.54) is 30.6 Å². The highest BCUT2D eigenvalue weighted by atomic mass is 16.7. The van der Waals surface area contributed by atoms with Gasteiger partial charge in [-0.15, -0.1) is 0 Å². The lowest BCUT2D eigenvalue weighted by Gasteiger charge is -2.46. The average Bonchev–Trinajstić information content (AvgIpc) is 1.25. The van der Waals surface area contributed by atoms with E-state index in [4.69, 9.17) is 45.0 Å². The number of nitrogens with one attached hydrogen (secondary N) is 9. The van der Waals surface area contributed by atoms with Crippen molar-refractivity contribution in [2.75, 3.05) is 46.1 Å². The molecule has 1 radical (unpaired) electrons. The summed E-state index contributed by atoms with van der Waals surface area (Å²) in [6.07, 6.45) is -27.6. The number of ether oxygens (including phenoxy) is 6. The maximum absolute atomic E-state index is 15.0. The van der Waals surface area contributed by atoms with Crippen LogP contribution in [-0.2, 0) is 54.1 Å². The molecule has 5 saturated heterocycles. The van der Waals surface area contributed by atoms with Crippen molar-refractivity contribution < 1.29 is 119 Å². The van der Waals surface area contributed by atoms with Gasteiger partial charge in [-0.25, -0.2) is 0 Å². The van der Waals surface area contributed by atoms with Crippen molar-refractivity contribution in [3.63, 3.8) is 0 Å². The normalized spacial score (nSPS) is 30.3. The second-order valence-electron chi connectivity index (χ2n) is 25.2. The molecule has 5 fully saturated rings. The summed E-state index contributed by atoms with van der Waals surface area (Å²) in [4.78, 5) is 71.1. The highest BCUT2D eigenvalue weighted by Gasteiger charge is 2.55. The zero-order valence-corrected chi connectivity index (χ0v) is 55.0. The second kappa shape index (κ2) is 35.8. The van der Waals surface area contributed by atoms with Crippen LogP contribution in [0.15, 0.2) is 121 Å². The van der Waals surface area contributed by atoms with Gasteiger partial charge in [-0.2, -0.15) is 0 Å². The number of benzene rings is 4. The molecule has 0 aromatic heterocycles. The van der Waals surface area contributed by atoms with Crippen molar-refractivity contribution in [3.8, 4) is 5.75 Å². The summed E-state index contributed by atoms with van der Waals surface area (Å²) in [7, 11) is 0. The number of guanidine groups is 2. The monoisotopic (exact) mass is 1430 g/mol. The third-order valence-electron chi connectivity index (χ3n) is 18.4. The number of rotatable bonds is 31. The Hall–Kier alpha value is -8.25. The summed E-state index contributed by atoms with van der Waals surface area (Å²) >= 11 is 0. The number of nitrogens with two attached hydrogens (primary N) is 1. The van der Waals surface area contributed by atoms with Gasteiger partial charge in [-0.3, -0.25) is 34.8 Å². The van der Waals surface area contributed by atoms with Gasteiger partial charge in [-0.05, 0) is 40.0 Å². The second-order valence-corrected chi connectivity index (χ2v) is 25.2. The molecule has 20 unspecified atom stereocenters. The van der Waals surface area contributed by atoms with Gasteiger partial charge in [0.15, 0.2) is 24.4 Å². The molecule has 9 rings (SSSR count). The van der Waals surface area contributed by atoms with E-state index >= 15 is 4.79 Å². The zero-order valence-electron chi connectivity index (χ0n) is 55.0. The van der Waals surface area contributed by atoms with Gasteiger partial charge in [0, 0.05) is 25.4 Å². The molecule has 102 heavy (non-hydrogen) atoms. The van der Waals surface area contributed by atoms with Crippen LogP contribution in [0.2, 0.25) is 0 Å². The molecule has 35 nitrogen and oxygen atoms in total. The molecule has 5 aliphatic rings. The summed E-state index contributed by atoms with van der Waals surface area (Å²) in [6, 6.07) is 20.8. The number of nitrogens with zero attached hydrogens (tertiary/aromatic N) is 1. The topological polar surface area (TPSA) is 565 Å². The predicted octanol–water partition coefficient (Wildman–Crippen LogP) is -8.21. The molecule has 35 heteroatoms. The van der Waals surface area contributed by atoms with Crippen molar-refractivity contribution >= 4 is 47.4 Å². The lowest BCUT2D eigenvalue weighted by Crippen LogP contribution is -2.69. The molecule has 4 amide bonds.